The highest BCUT2D eigenvalue weighted by atomic mass is 16.5. The first-order valence-corrected chi connectivity index (χ1v) is 4.18. The molecule has 0 N–H and O–H groups in total. The van der Waals surface area contributed by atoms with E-state index in [1.54, 1.807) is 14.1 Å². The number of nitrogens with zero attached hydrogens (tertiary/aromatic N) is 1. The molecule has 0 rings (SSSR count). The quantitative estimate of drug-likeness (QED) is 0.355. The predicted octanol–water partition coefficient (Wildman–Crippen LogP) is 1.41. The van der Waals surface area contributed by atoms with Gasteiger partial charge in [-0.3, -0.25) is 4.79 Å². The van der Waals surface area contributed by atoms with E-state index in [-0.39, 0.29) is 5.91 Å². The lowest BCUT2D eigenvalue weighted by atomic mass is 10.4. The summed E-state index contributed by atoms with van der Waals surface area (Å²) in [7, 11) is 3.41. The molecule has 0 bridgehead atoms. The maximum absolute atomic E-state index is 10.9. The molecule has 70 valence electrons. The van der Waals surface area contributed by atoms with Crippen LogP contribution in [0.15, 0.2) is 12.3 Å². The summed E-state index contributed by atoms with van der Waals surface area (Å²) < 4.78 is 5.07. The van der Waals surface area contributed by atoms with Gasteiger partial charge in [0, 0.05) is 20.2 Å². The monoisotopic (exact) mass is 171 g/mol. The minimum atomic E-state index is -0.0495. The highest BCUT2D eigenvalue weighted by Gasteiger charge is 1.95. The highest BCUT2D eigenvalue weighted by Crippen LogP contribution is 1.89. The van der Waals surface area contributed by atoms with E-state index in [9.17, 15) is 4.79 Å². The highest BCUT2D eigenvalue weighted by molar-refractivity contribution is 5.86. The summed E-state index contributed by atoms with van der Waals surface area (Å²) >= 11 is 0. The lowest BCUT2D eigenvalue weighted by Crippen LogP contribution is -2.18. The van der Waals surface area contributed by atoms with Crippen molar-refractivity contribution in [2.75, 3.05) is 20.7 Å². The smallest absolute Gasteiger partial charge is 0.249 e. The molecule has 0 unspecified atom stereocenters. The van der Waals surface area contributed by atoms with E-state index in [4.69, 9.17) is 4.74 Å². The second-order valence-corrected chi connectivity index (χ2v) is 2.76. The van der Waals surface area contributed by atoms with E-state index in [2.05, 4.69) is 6.92 Å². The van der Waals surface area contributed by atoms with E-state index >= 15 is 0 Å². The van der Waals surface area contributed by atoms with Gasteiger partial charge in [-0.1, -0.05) is 13.3 Å². The Labute approximate surface area is 74.0 Å². The van der Waals surface area contributed by atoms with Crippen LogP contribution >= 0.6 is 0 Å². The van der Waals surface area contributed by atoms with Gasteiger partial charge in [0.15, 0.2) is 0 Å². The molecule has 0 aliphatic carbocycles. The molecule has 0 aliphatic heterocycles. The van der Waals surface area contributed by atoms with E-state index in [1.165, 1.54) is 17.2 Å². The van der Waals surface area contributed by atoms with Crippen LogP contribution in [0.5, 0.6) is 0 Å². The molecule has 0 radical (unpaired) electrons. The Balaban J connectivity index is 3.42. The Hall–Kier alpha value is -0.990. The summed E-state index contributed by atoms with van der Waals surface area (Å²) in [4.78, 5) is 12.4. The molecule has 0 aromatic rings. The van der Waals surface area contributed by atoms with Gasteiger partial charge in [-0.2, -0.15) is 0 Å². The SMILES string of the molecule is CCCCO/C=C/C(=O)N(C)C. The number of likely N-dealkylation sites (N-methyl/N-ethyl adjacent to an activating group) is 1. The van der Waals surface area contributed by atoms with E-state index in [0.29, 0.717) is 6.61 Å². The third kappa shape index (κ3) is 5.77. The summed E-state index contributed by atoms with van der Waals surface area (Å²) in [5.74, 6) is -0.0495. The molecule has 0 saturated carbocycles. The molecule has 0 heterocycles. The van der Waals surface area contributed by atoms with Gasteiger partial charge in [-0.05, 0) is 6.42 Å². The average molecular weight is 171 g/mol. The van der Waals surface area contributed by atoms with Gasteiger partial charge in [0.05, 0.1) is 12.9 Å². The van der Waals surface area contributed by atoms with Crippen LogP contribution in [-0.4, -0.2) is 31.5 Å². The molecule has 0 aromatic heterocycles. The molecule has 0 saturated heterocycles. The Morgan fingerprint density at radius 3 is 2.67 bits per heavy atom. The van der Waals surface area contributed by atoms with Gasteiger partial charge in [0.2, 0.25) is 5.91 Å². The first kappa shape index (κ1) is 11.0. The van der Waals surface area contributed by atoms with Crippen molar-refractivity contribution < 1.29 is 9.53 Å². The molecule has 0 spiro atoms. The Kier molecular flexibility index (Phi) is 6.15. The molecule has 0 fully saturated rings. The number of amides is 1. The first-order valence-electron chi connectivity index (χ1n) is 4.18. The normalized spacial score (nSPS) is 10.2. The number of carbonyl (C=O) groups excluding carboxylic acids is 1. The second kappa shape index (κ2) is 6.70. The zero-order valence-electron chi connectivity index (χ0n) is 8.04. The molecular formula is C9H17NO2. The standard InChI is InChI=1S/C9H17NO2/c1-4-5-7-12-8-6-9(11)10(2)3/h6,8H,4-5,7H2,1-3H3/b8-6+. The third-order valence-electron chi connectivity index (χ3n) is 1.36. The van der Waals surface area contributed by atoms with Gasteiger partial charge in [-0.25, -0.2) is 0 Å². The second-order valence-electron chi connectivity index (χ2n) is 2.76. The fourth-order valence-corrected chi connectivity index (χ4v) is 0.551. The first-order chi connectivity index (χ1) is 5.68. The predicted molar refractivity (Wildman–Crippen MR) is 48.7 cm³/mol. The summed E-state index contributed by atoms with van der Waals surface area (Å²) in [6, 6.07) is 0. The molecule has 3 nitrogen and oxygen atoms in total. The Bertz CT molecular complexity index is 153. The van der Waals surface area contributed by atoms with Crippen LogP contribution in [0.3, 0.4) is 0 Å². The topological polar surface area (TPSA) is 29.5 Å². The van der Waals surface area contributed by atoms with Crippen LogP contribution in [0.25, 0.3) is 0 Å². The van der Waals surface area contributed by atoms with Gasteiger partial charge < -0.3 is 9.64 Å². The van der Waals surface area contributed by atoms with Gasteiger partial charge in [0.1, 0.15) is 0 Å². The molecule has 12 heavy (non-hydrogen) atoms. The summed E-state index contributed by atoms with van der Waals surface area (Å²) in [5, 5.41) is 0. The number of hydrogen-bond donors (Lipinski definition) is 0. The van der Waals surface area contributed by atoms with Crippen LogP contribution in [0.2, 0.25) is 0 Å². The number of unbranched alkanes of at least 4 members (excludes halogenated alkanes) is 1. The maximum Gasteiger partial charge on any atom is 0.249 e. The van der Waals surface area contributed by atoms with Crippen molar-refractivity contribution in [3.63, 3.8) is 0 Å². The van der Waals surface area contributed by atoms with Gasteiger partial charge in [0.25, 0.3) is 0 Å². The molecule has 1 amide bonds. The summed E-state index contributed by atoms with van der Waals surface area (Å²) in [6.45, 7) is 2.78. The third-order valence-corrected chi connectivity index (χ3v) is 1.36. The zero-order valence-corrected chi connectivity index (χ0v) is 8.04. The van der Waals surface area contributed by atoms with E-state index in [1.807, 2.05) is 0 Å². The van der Waals surface area contributed by atoms with Crippen LogP contribution in [0, 0.1) is 0 Å². The number of hydrogen-bond acceptors (Lipinski definition) is 2. The van der Waals surface area contributed by atoms with Crippen LogP contribution in [0.1, 0.15) is 19.8 Å². The Morgan fingerprint density at radius 1 is 1.50 bits per heavy atom. The molecule has 0 aliphatic rings. The van der Waals surface area contributed by atoms with Crippen molar-refractivity contribution in [2.24, 2.45) is 0 Å². The van der Waals surface area contributed by atoms with Gasteiger partial charge >= 0.3 is 0 Å². The molecule has 0 atom stereocenters. The minimum Gasteiger partial charge on any atom is -0.501 e. The lowest BCUT2D eigenvalue weighted by molar-refractivity contribution is -0.123. The fraction of sp³-hybridized carbons (Fsp3) is 0.667. The van der Waals surface area contributed by atoms with Crippen molar-refractivity contribution in [3.8, 4) is 0 Å². The van der Waals surface area contributed by atoms with E-state index < -0.39 is 0 Å². The van der Waals surface area contributed by atoms with Crippen molar-refractivity contribution in [3.05, 3.63) is 12.3 Å². The fourth-order valence-electron chi connectivity index (χ4n) is 0.551. The maximum atomic E-state index is 10.9. The van der Waals surface area contributed by atoms with Crippen LogP contribution in [-0.2, 0) is 9.53 Å². The minimum absolute atomic E-state index is 0.0495. The van der Waals surface area contributed by atoms with E-state index in [0.717, 1.165) is 12.8 Å². The largest absolute Gasteiger partial charge is 0.501 e. The number of carbonyl (C=O) groups is 1. The average Bonchev–Trinajstić information content (AvgIpc) is 2.03. The van der Waals surface area contributed by atoms with Crippen LogP contribution < -0.4 is 0 Å². The van der Waals surface area contributed by atoms with Crippen LogP contribution in [0.4, 0.5) is 0 Å². The lowest BCUT2D eigenvalue weighted by Gasteiger charge is -2.05. The number of rotatable bonds is 5. The molecular weight excluding hydrogens is 154 g/mol. The Morgan fingerprint density at radius 2 is 2.17 bits per heavy atom. The van der Waals surface area contributed by atoms with Crippen molar-refractivity contribution >= 4 is 5.91 Å². The molecule has 3 heteroatoms. The van der Waals surface area contributed by atoms with Gasteiger partial charge in [-0.15, -0.1) is 0 Å². The zero-order chi connectivity index (χ0) is 9.40. The van der Waals surface area contributed by atoms with Crippen molar-refractivity contribution in [1.82, 2.24) is 4.90 Å². The molecule has 0 aromatic carbocycles. The summed E-state index contributed by atoms with van der Waals surface area (Å²) in [6.07, 6.45) is 5.02. The summed E-state index contributed by atoms with van der Waals surface area (Å²) in [5.41, 5.74) is 0. The van der Waals surface area contributed by atoms with Crippen molar-refractivity contribution in [2.45, 2.75) is 19.8 Å². The van der Waals surface area contributed by atoms with Crippen molar-refractivity contribution in [1.29, 1.82) is 0 Å². The number of ether oxygens (including phenoxy) is 1.